The van der Waals surface area contributed by atoms with E-state index in [0.717, 1.165) is 23.6 Å². The van der Waals surface area contributed by atoms with Crippen LogP contribution in [0.25, 0.3) is 22.2 Å². The Balaban J connectivity index is 1.58. The van der Waals surface area contributed by atoms with E-state index in [4.69, 9.17) is 10.5 Å². The second kappa shape index (κ2) is 9.56. The number of carbonyl (C=O) groups is 2. The Labute approximate surface area is 224 Å². The minimum absolute atomic E-state index is 0.0196. The van der Waals surface area contributed by atoms with Crippen LogP contribution in [0.3, 0.4) is 0 Å². The summed E-state index contributed by atoms with van der Waals surface area (Å²) in [5.41, 5.74) is -0.112. The number of ether oxygens (including phenoxy) is 1. The molecule has 3 heterocycles. The number of nitrogens with zero attached hydrogens (tertiary/aromatic N) is 2. The fourth-order valence-corrected chi connectivity index (χ4v) is 4.46. The van der Waals surface area contributed by atoms with Crippen molar-refractivity contribution in [1.29, 1.82) is 0 Å². The molecule has 8 nitrogen and oxygen atoms in total. The van der Waals surface area contributed by atoms with Crippen molar-refractivity contribution in [1.82, 2.24) is 15.3 Å². The van der Waals surface area contributed by atoms with E-state index in [0.29, 0.717) is 5.52 Å². The maximum atomic E-state index is 14.5. The van der Waals surface area contributed by atoms with Gasteiger partial charge >= 0.3 is 6.18 Å². The van der Waals surface area contributed by atoms with E-state index < -0.39 is 47.1 Å². The number of aliphatic hydroxyl groups is 1. The van der Waals surface area contributed by atoms with Gasteiger partial charge in [0, 0.05) is 28.3 Å². The number of rotatable bonds is 6. The highest BCUT2D eigenvalue weighted by molar-refractivity contribution is 5.97. The number of fused-ring (bicyclic) bond motifs is 2. The molecular weight excluding hydrogens is 532 g/mol. The van der Waals surface area contributed by atoms with Crippen molar-refractivity contribution in [2.45, 2.75) is 24.1 Å². The molecule has 2 atom stereocenters. The third kappa shape index (κ3) is 4.49. The topological polar surface area (TPSA) is 127 Å². The maximum Gasteiger partial charge on any atom is 0.424 e. The normalized spacial score (nSPS) is 18.1. The van der Waals surface area contributed by atoms with E-state index in [2.05, 4.69) is 15.3 Å². The predicted octanol–water partition coefficient (Wildman–Crippen LogP) is 3.75. The summed E-state index contributed by atoms with van der Waals surface area (Å²) in [7, 11) is 0. The molecule has 2 aromatic heterocycles. The maximum absolute atomic E-state index is 14.5. The summed E-state index contributed by atoms with van der Waals surface area (Å²) in [5, 5.41) is 14.0. The number of benzene rings is 2. The van der Waals surface area contributed by atoms with Crippen molar-refractivity contribution in [2.75, 3.05) is 13.2 Å². The zero-order valence-electron chi connectivity index (χ0n) is 20.9. The van der Waals surface area contributed by atoms with Crippen LogP contribution < -0.4 is 15.8 Å². The Hall–Kier alpha value is -4.58. The Morgan fingerprint density at radius 3 is 2.52 bits per heavy atom. The van der Waals surface area contributed by atoms with E-state index in [1.807, 2.05) is 0 Å². The van der Waals surface area contributed by atoms with Gasteiger partial charge in [0.1, 0.15) is 29.3 Å². The summed E-state index contributed by atoms with van der Waals surface area (Å²) in [5.74, 6) is -2.38. The molecule has 206 valence electrons. The van der Waals surface area contributed by atoms with Crippen molar-refractivity contribution in [3.8, 4) is 17.0 Å². The average molecular weight is 555 g/mol. The lowest BCUT2D eigenvalue weighted by molar-refractivity contribution is -0.265. The van der Waals surface area contributed by atoms with Crippen LogP contribution in [0.5, 0.6) is 5.75 Å². The average Bonchev–Trinajstić information content (AvgIpc) is 3.28. The fourth-order valence-electron chi connectivity index (χ4n) is 4.46. The molecule has 2 aromatic carbocycles. The summed E-state index contributed by atoms with van der Waals surface area (Å²) < 4.78 is 62.8. The van der Waals surface area contributed by atoms with Crippen molar-refractivity contribution in [2.24, 2.45) is 5.73 Å². The summed E-state index contributed by atoms with van der Waals surface area (Å²) in [6, 6.07) is 13.5. The largest absolute Gasteiger partial charge is 0.489 e. The summed E-state index contributed by atoms with van der Waals surface area (Å²) in [4.78, 5) is 33.4. The third-order valence-corrected chi connectivity index (χ3v) is 7.00. The third-order valence-electron chi connectivity index (χ3n) is 7.00. The van der Waals surface area contributed by atoms with E-state index in [9.17, 15) is 32.3 Å². The first-order valence-corrected chi connectivity index (χ1v) is 12.0. The molecule has 5 rings (SSSR count). The van der Waals surface area contributed by atoms with E-state index in [1.54, 1.807) is 18.2 Å². The number of aromatic nitrogens is 2. The number of carbonyl (C=O) groups excluding carboxylic acids is 2. The SMILES string of the molecule is C[C@]1(C(N)=O)COc2c1cc([C@@](O)(CNC(=O)c1ccc3cccnc3c1)C(F)(F)F)nc2-c1ccc(F)cc1. The zero-order valence-corrected chi connectivity index (χ0v) is 20.9. The number of hydrogen-bond acceptors (Lipinski definition) is 6. The molecule has 1 aliphatic rings. The van der Waals surface area contributed by atoms with Gasteiger partial charge in [-0.05, 0) is 55.5 Å². The second-order valence-corrected chi connectivity index (χ2v) is 9.68. The standard InChI is InChI=1S/C28H22F4N4O4/c1-26(25(33)38)14-40-23-19(26)12-21(36-22(23)16-6-8-18(29)9-7-16)27(39,28(30,31)32)13-35-24(37)17-5-4-15-3-2-10-34-20(15)11-17/h2-12,39H,13-14H2,1H3,(H2,33,38)(H,35,37)/t26-,27-/m0/s1. The van der Waals surface area contributed by atoms with Gasteiger partial charge in [-0.15, -0.1) is 0 Å². The van der Waals surface area contributed by atoms with Crippen LogP contribution in [-0.4, -0.2) is 46.2 Å². The molecule has 4 aromatic rings. The lowest BCUT2D eigenvalue weighted by Crippen LogP contribution is -2.51. The van der Waals surface area contributed by atoms with Gasteiger partial charge < -0.3 is 20.9 Å². The minimum Gasteiger partial charge on any atom is -0.489 e. The van der Waals surface area contributed by atoms with Crippen molar-refractivity contribution >= 4 is 22.7 Å². The molecule has 4 N–H and O–H groups in total. The van der Waals surface area contributed by atoms with Crippen LogP contribution in [0.2, 0.25) is 0 Å². The highest BCUT2D eigenvalue weighted by Gasteiger charge is 2.57. The van der Waals surface area contributed by atoms with Gasteiger partial charge in [0.15, 0.2) is 0 Å². The van der Waals surface area contributed by atoms with Crippen molar-refractivity contribution < 1.29 is 37.0 Å². The summed E-state index contributed by atoms with van der Waals surface area (Å²) in [6.45, 7) is -0.200. The molecule has 0 radical (unpaired) electrons. The first-order chi connectivity index (χ1) is 18.8. The van der Waals surface area contributed by atoms with Crippen LogP contribution in [0, 0.1) is 5.82 Å². The number of nitrogens with one attached hydrogen (secondary N) is 1. The number of nitrogens with two attached hydrogens (primary N) is 1. The number of halogens is 4. The van der Waals surface area contributed by atoms with Crippen LogP contribution >= 0.6 is 0 Å². The van der Waals surface area contributed by atoms with Crippen molar-refractivity contribution in [3.63, 3.8) is 0 Å². The van der Waals surface area contributed by atoms with Crippen LogP contribution in [0.15, 0.2) is 66.9 Å². The van der Waals surface area contributed by atoms with Gasteiger partial charge in [-0.25, -0.2) is 9.37 Å². The van der Waals surface area contributed by atoms with Gasteiger partial charge in [-0.3, -0.25) is 14.6 Å². The summed E-state index contributed by atoms with van der Waals surface area (Å²) >= 11 is 0. The highest BCUT2D eigenvalue weighted by atomic mass is 19.4. The van der Waals surface area contributed by atoms with Crippen LogP contribution in [0.4, 0.5) is 17.6 Å². The van der Waals surface area contributed by atoms with Gasteiger partial charge in [-0.1, -0.05) is 12.1 Å². The Bertz CT molecular complexity index is 1640. The lowest BCUT2D eigenvalue weighted by atomic mass is 9.81. The van der Waals surface area contributed by atoms with Gasteiger partial charge in [0.05, 0.1) is 17.8 Å². The predicted molar refractivity (Wildman–Crippen MR) is 136 cm³/mol. The molecule has 0 bridgehead atoms. The van der Waals surface area contributed by atoms with E-state index >= 15 is 0 Å². The molecule has 0 aliphatic carbocycles. The fraction of sp³-hybridized carbons (Fsp3) is 0.214. The summed E-state index contributed by atoms with van der Waals surface area (Å²) in [6.07, 6.45) is -3.82. The molecule has 2 amide bonds. The Kier molecular flexibility index (Phi) is 6.45. The molecule has 0 unspecified atom stereocenters. The van der Waals surface area contributed by atoms with Gasteiger partial charge in [0.2, 0.25) is 11.5 Å². The first-order valence-electron chi connectivity index (χ1n) is 12.0. The van der Waals surface area contributed by atoms with Crippen LogP contribution in [0.1, 0.15) is 28.5 Å². The molecule has 40 heavy (non-hydrogen) atoms. The number of alkyl halides is 3. The van der Waals surface area contributed by atoms with Crippen molar-refractivity contribution in [3.05, 3.63) is 89.5 Å². The Morgan fingerprint density at radius 2 is 1.85 bits per heavy atom. The number of amides is 2. The molecular formula is C28H22F4N4O4. The van der Waals surface area contributed by atoms with Gasteiger partial charge in [-0.2, -0.15) is 13.2 Å². The molecule has 0 fully saturated rings. The second-order valence-electron chi connectivity index (χ2n) is 9.68. The quantitative estimate of drug-likeness (QED) is 0.312. The Morgan fingerprint density at radius 1 is 1.12 bits per heavy atom. The van der Waals surface area contributed by atoms with E-state index in [1.165, 1.54) is 37.4 Å². The van der Waals surface area contributed by atoms with Crippen LogP contribution in [-0.2, 0) is 15.8 Å². The molecule has 12 heteroatoms. The molecule has 0 saturated carbocycles. The molecule has 0 saturated heterocycles. The number of pyridine rings is 2. The van der Waals surface area contributed by atoms with E-state index in [-0.39, 0.29) is 34.7 Å². The lowest BCUT2D eigenvalue weighted by Gasteiger charge is -2.31. The highest BCUT2D eigenvalue weighted by Crippen LogP contribution is 2.47. The number of primary amides is 1. The monoisotopic (exact) mass is 554 g/mol. The molecule has 0 spiro atoms. The van der Waals surface area contributed by atoms with Gasteiger partial charge in [0.25, 0.3) is 5.91 Å². The number of hydrogen-bond donors (Lipinski definition) is 3. The first kappa shape index (κ1) is 27.0. The minimum atomic E-state index is -5.32. The zero-order chi connectivity index (χ0) is 28.9. The molecule has 1 aliphatic heterocycles. The smallest absolute Gasteiger partial charge is 0.424 e.